The smallest absolute Gasteiger partial charge is 0.164 e. The summed E-state index contributed by atoms with van der Waals surface area (Å²) in [4.78, 5) is 15.0. The second kappa shape index (κ2) is 13.6. The first-order valence-electron chi connectivity index (χ1n) is 21.3. The van der Waals surface area contributed by atoms with Crippen LogP contribution in [-0.2, 0) is 5.41 Å². The largest absolute Gasteiger partial charge is 0.311 e. The summed E-state index contributed by atoms with van der Waals surface area (Å²) in [7, 11) is 0. The van der Waals surface area contributed by atoms with E-state index in [0.29, 0.717) is 29.0 Å². The van der Waals surface area contributed by atoms with Gasteiger partial charge in [-0.3, -0.25) is 0 Å². The third-order valence-corrected chi connectivity index (χ3v) is 13.2. The van der Waals surface area contributed by atoms with Gasteiger partial charge in [0.05, 0.1) is 28.2 Å². The Morgan fingerprint density at radius 3 is 1.85 bits per heavy atom. The van der Waals surface area contributed by atoms with Crippen LogP contribution in [0.2, 0.25) is 0 Å². The molecule has 0 saturated carbocycles. The van der Waals surface area contributed by atoms with Crippen LogP contribution in [0.25, 0.3) is 95.5 Å². The molecule has 0 bridgehead atoms. The normalized spacial score (nSPS) is 14.8. The van der Waals surface area contributed by atoms with Crippen molar-refractivity contribution in [3.05, 3.63) is 192 Å². The van der Waals surface area contributed by atoms with Crippen LogP contribution in [0.1, 0.15) is 61.1 Å². The standard InChI is InChI=1S/C56H40N6/c1-34-15-14-22-43-47-46-41-20-10-12-23-44(41)56(2,3)49(46)48-42-21-11-13-24-45(42)61(52(48)51(47)62(50(34)43)39-18-8-5-9-19-39)40-31-29-38(30-32-40)55-59-53(36-16-6-4-7-17-36)58-54(60-55)37-27-25-35(33-57)26-28-37/h4-14,16-32,34H,15H2,1-3H3. The van der Waals surface area contributed by atoms with E-state index in [1.807, 2.05) is 42.5 Å². The fraction of sp³-hybridized carbons (Fsp3) is 0.107. The lowest BCUT2D eigenvalue weighted by molar-refractivity contribution is 0.667. The number of nitriles is 1. The highest BCUT2D eigenvalue weighted by Gasteiger charge is 2.42. The first kappa shape index (κ1) is 36.0. The molecular formula is C56H40N6. The lowest BCUT2D eigenvalue weighted by Crippen LogP contribution is -2.15. The second-order valence-electron chi connectivity index (χ2n) is 17.1. The molecule has 0 N–H and O–H groups in total. The Kier molecular flexibility index (Phi) is 7.88. The molecule has 0 radical (unpaired) electrons. The summed E-state index contributed by atoms with van der Waals surface area (Å²) < 4.78 is 5.08. The Bertz CT molecular complexity index is 3510. The van der Waals surface area contributed by atoms with Gasteiger partial charge in [0, 0.05) is 66.8 Å². The first-order chi connectivity index (χ1) is 30.4. The van der Waals surface area contributed by atoms with E-state index in [0.717, 1.165) is 34.3 Å². The summed E-state index contributed by atoms with van der Waals surface area (Å²) in [5.41, 5.74) is 16.9. The second-order valence-corrected chi connectivity index (χ2v) is 17.1. The predicted octanol–water partition coefficient (Wildman–Crippen LogP) is 13.6. The van der Waals surface area contributed by atoms with Gasteiger partial charge in [-0.1, -0.05) is 124 Å². The molecule has 294 valence electrons. The molecule has 2 aliphatic carbocycles. The monoisotopic (exact) mass is 796 g/mol. The summed E-state index contributed by atoms with van der Waals surface area (Å²) in [6, 6.07) is 57.3. The van der Waals surface area contributed by atoms with Gasteiger partial charge in [-0.05, 0) is 95.4 Å². The fourth-order valence-corrected chi connectivity index (χ4v) is 10.4. The van der Waals surface area contributed by atoms with Crippen molar-refractivity contribution in [1.82, 2.24) is 24.1 Å². The minimum absolute atomic E-state index is 0.245. The maximum Gasteiger partial charge on any atom is 0.164 e. The predicted molar refractivity (Wildman–Crippen MR) is 252 cm³/mol. The molecule has 6 heteroatoms. The number of hydrogen-bond acceptors (Lipinski definition) is 4. The van der Waals surface area contributed by atoms with Gasteiger partial charge in [0.25, 0.3) is 0 Å². The Balaban J connectivity index is 1.16. The Morgan fingerprint density at radius 1 is 0.597 bits per heavy atom. The molecule has 3 aromatic heterocycles. The molecule has 10 aromatic rings. The van der Waals surface area contributed by atoms with Gasteiger partial charge >= 0.3 is 0 Å². The molecule has 0 fully saturated rings. The number of fused-ring (bicyclic) bond motifs is 12. The summed E-state index contributed by atoms with van der Waals surface area (Å²) in [6.45, 7) is 7.20. The van der Waals surface area contributed by atoms with Gasteiger partial charge in [0.2, 0.25) is 0 Å². The number of rotatable bonds is 5. The summed E-state index contributed by atoms with van der Waals surface area (Å²) >= 11 is 0. The maximum absolute atomic E-state index is 9.46. The molecular weight excluding hydrogens is 757 g/mol. The van der Waals surface area contributed by atoms with Crippen molar-refractivity contribution < 1.29 is 0 Å². The van der Waals surface area contributed by atoms with Crippen LogP contribution < -0.4 is 0 Å². The highest BCUT2D eigenvalue weighted by atomic mass is 15.1. The van der Waals surface area contributed by atoms with Gasteiger partial charge in [-0.25, -0.2) is 15.0 Å². The van der Waals surface area contributed by atoms with Gasteiger partial charge in [0.1, 0.15) is 0 Å². The molecule has 1 unspecified atom stereocenters. The quantitative estimate of drug-likeness (QED) is 0.174. The van der Waals surface area contributed by atoms with Crippen LogP contribution in [-0.4, -0.2) is 24.1 Å². The highest BCUT2D eigenvalue weighted by molar-refractivity contribution is 6.27. The van der Waals surface area contributed by atoms with E-state index in [-0.39, 0.29) is 5.41 Å². The van der Waals surface area contributed by atoms with Crippen LogP contribution in [0.15, 0.2) is 164 Å². The van der Waals surface area contributed by atoms with Crippen LogP contribution in [0.4, 0.5) is 0 Å². The molecule has 6 nitrogen and oxygen atoms in total. The van der Waals surface area contributed by atoms with E-state index in [9.17, 15) is 5.26 Å². The van der Waals surface area contributed by atoms with Crippen LogP contribution in [0.5, 0.6) is 0 Å². The van der Waals surface area contributed by atoms with Crippen LogP contribution in [0, 0.1) is 11.3 Å². The lowest BCUT2D eigenvalue weighted by atomic mass is 9.79. The van der Waals surface area contributed by atoms with E-state index in [2.05, 4.69) is 151 Å². The van der Waals surface area contributed by atoms with Gasteiger partial charge in [-0.2, -0.15) is 5.26 Å². The first-order valence-corrected chi connectivity index (χ1v) is 21.3. The lowest BCUT2D eigenvalue weighted by Gasteiger charge is -2.23. The summed E-state index contributed by atoms with van der Waals surface area (Å²) in [6.07, 6.45) is 5.75. The van der Waals surface area contributed by atoms with E-state index >= 15 is 0 Å². The van der Waals surface area contributed by atoms with Crippen molar-refractivity contribution in [3.63, 3.8) is 0 Å². The zero-order valence-electron chi connectivity index (χ0n) is 34.6. The van der Waals surface area contributed by atoms with Crippen molar-refractivity contribution in [2.24, 2.45) is 0 Å². The van der Waals surface area contributed by atoms with Crippen molar-refractivity contribution in [2.45, 2.75) is 38.5 Å². The molecule has 3 heterocycles. The average Bonchev–Trinajstić information content (AvgIpc) is 3.93. The molecule has 0 spiro atoms. The number of aromatic nitrogens is 5. The van der Waals surface area contributed by atoms with Gasteiger partial charge in [-0.15, -0.1) is 0 Å². The Labute approximate surface area is 359 Å². The van der Waals surface area contributed by atoms with Crippen molar-refractivity contribution >= 4 is 38.8 Å². The molecule has 62 heavy (non-hydrogen) atoms. The minimum Gasteiger partial charge on any atom is -0.311 e. The zero-order chi connectivity index (χ0) is 41.7. The molecule has 7 aromatic carbocycles. The molecule has 0 aliphatic heterocycles. The Morgan fingerprint density at radius 2 is 1.16 bits per heavy atom. The molecule has 2 aliphatic rings. The number of nitrogens with zero attached hydrogens (tertiary/aromatic N) is 6. The number of allylic oxidation sites excluding steroid dienone is 1. The third kappa shape index (κ3) is 5.18. The molecule has 0 amide bonds. The molecule has 12 rings (SSSR count). The van der Waals surface area contributed by atoms with E-state index < -0.39 is 0 Å². The van der Waals surface area contributed by atoms with Gasteiger partial charge < -0.3 is 9.13 Å². The van der Waals surface area contributed by atoms with E-state index in [4.69, 9.17) is 15.0 Å². The topological polar surface area (TPSA) is 72.3 Å². The van der Waals surface area contributed by atoms with Crippen molar-refractivity contribution in [3.8, 4) is 62.7 Å². The SMILES string of the molecule is CC1CC=Cc2c1n(-c1ccccc1)c1c2c2c(c3c4ccccc4n(-c4ccc(-c5nc(-c6ccccc6)nc(-c6ccc(C#N)cc6)n5)cc4)c31)C(C)(C)c1ccccc1-2. The number of benzene rings is 7. The highest BCUT2D eigenvalue weighted by Crippen LogP contribution is 2.59. The summed E-state index contributed by atoms with van der Waals surface area (Å²) in [5, 5.41) is 13.3. The third-order valence-electron chi connectivity index (χ3n) is 13.2. The molecule has 1 atom stereocenters. The van der Waals surface area contributed by atoms with Crippen LogP contribution in [0.3, 0.4) is 0 Å². The van der Waals surface area contributed by atoms with E-state index in [1.165, 1.54) is 66.4 Å². The maximum atomic E-state index is 9.46. The summed E-state index contributed by atoms with van der Waals surface area (Å²) in [5.74, 6) is 2.05. The van der Waals surface area contributed by atoms with Gasteiger partial charge in [0.15, 0.2) is 17.5 Å². The number of hydrogen-bond donors (Lipinski definition) is 0. The average molecular weight is 797 g/mol. The number of para-hydroxylation sites is 2. The van der Waals surface area contributed by atoms with Crippen molar-refractivity contribution in [1.29, 1.82) is 5.26 Å². The van der Waals surface area contributed by atoms with Crippen molar-refractivity contribution in [2.75, 3.05) is 0 Å². The zero-order valence-corrected chi connectivity index (χ0v) is 34.6. The minimum atomic E-state index is -0.245. The Hall–Kier alpha value is -7.88. The molecule has 0 saturated heterocycles. The fourth-order valence-electron chi connectivity index (χ4n) is 10.4. The van der Waals surface area contributed by atoms with E-state index in [1.54, 1.807) is 12.1 Å². The van der Waals surface area contributed by atoms with Crippen LogP contribution >= 0.6 is 0 Å².